The molecule has 3 rings (SSSR count). The number of hydrogen-bond donors (Lipinski definition) is 2. The highest BCUT2D eigenvalue weighted by molar-refractivity contribution is 6.05. The van der Waals surface area contributed by atoms with E-state index in [1.807, 2.05) is 13.0 Å². The molecule has 2 heterocycles. The first kappa shape index (κ1) is 16.4. The summed E-state index contributed by atoms with van der Waals surface area (Å²) in [7, 11) is 0. The van der Waals surface area contributed by atoms with E-state index >= 15 is 0 Å². The molecule has 0 unspecified atom stereocenters. The van der Waals surface area contributed by atoms with Gasteiger partial charge in [0.25, 0.3) is 11.8 Å². The van der Waals surface area contributed by atoms with Crippen molar-refractivity contribution < 1.29 is 9.59 Å². The number of amides is 2. The van der Waals surface area contributed by atoms with E-state index in [4.69, 9.17) is 0 Å². The first-order valence-electron chi connectivity index (χ1n) is 7.82. The number of anilines is 2. The van der Waals surface area contributed by atoms with E-state index in [1.165, 1.54) is 12.4 Å². The van der Waals surface area contributed by atoms with Gasteiger partial charge in [0, 0.05) is 18.3 Å². The molecule has 0 aliphatic heterocycles. The molecule has 25 heavy (non-hydrogen) atoms. The lowest BCUT2D eigenvalue weighted by Gasteiger charge is -2.06. The molecule has 7 heteroatoms. The van der Waals surface area contributed by atoms with Gasteiger partial charge in [-0.05, 0) is 31.2 Å². The zero-order valence-corrected chi connectivity index (χ0v) is 13.6. The second-order valence-electron chi connectivity index (χ2n) is 5.29. The molecule has 0 saturated heterocycles. The number of rotatable bonds is 5. The van der Waals surface area contributed by atoms with Crippen LogP contribution in [-0.2, 0) is 6.54 Å². The fourth-order valence-electron chi connectivity index (χ4n) is 2.18. The number of carbonyl (C=O) groups is 2. The average Bonchev–Trinajstić information content (AvgIpc) is 3.13. The molecule has 0 radical (unpaired) electrons. The van der Waals surface area contributed by atoms with Gasteiger partial charge < -0.3 is 10.6 Å². The molecule has 0 bridgehead atoms. The maximum absolute atomic E-state index is 12.1. The van der Waals surface area contributed by atoms with Crippen molar-refractivity contribution in [3.05, 3.63) is 72.2 Å². The number of pyridine rings is 1. The fourth-order valence-corrected chi connectivity index (χ4v) is 2.18. The summed E-state index contributed by atoms with van der Waals surface area (Å²) in [5.41, 5.74) is 1.56. The number of carbonyl (C=O) groups excluding carboxylic acids is 2. The van der Waals surface area contributed by atoms with Gasteiger partial charge in [-0.25, -0.2) is 4.98 Å². The maximum atomic E-state index is 12.1. The van der Waals surface area contributed by atoms with Crippen molar-refractivity contribution in [3.63, 3.8) is 0 Å². The van der Waals surface area contributed by atoms with E-state index in [-0.39, 0.29) is 11.8 Å². The molecule has 2 aromatic heterocycles. The van der Waals surface area contributed by atoms with Crippen LogP contribution in [0.2, 0.25) is 0 Å². The van der Waals surface area contributed by atoms with Gasteiger partial charge in [-0.15, -0.1) is 0 Å². The monoisotopic (exact) mass is 335 g/mol. The van der Waals surface area contributed by atoms with Crippen molar-refractivity contribution >= 4 is 23.3 Å². The number of aryl methyl sites for hydroxylation is 1. The Hall–Kier alpha value is -3.48. The highest BCUT2D eigenvalue weighted by Gasteiger charge is 2.10. The Morgan fingerprint density at radius 2 is 1.72 bits per heavy atom. The van der Waals surface area contributed by atoms with Crippen LogP contribution >= 0.6 is 0 Å². The number of nitrogens with one attached hydrogen (secondary N) is 2. The van der Waals surface area contributed by atoms with E-state index in [9.17, 15) is 9.59 Å². The fraction of sp³-hybridized carbons (Fsp3) is 0.111. The standard InChI is InChI=1S/C18H17N5O2/c1-2-23-12-14(10-20-23)18(25)21-15-8-9-16(19-11-15)22-17(24)13-6-4-3-5-7-13/h3-12H,2H2,1H3,(H,21,25)(H,19,22,24). The molecular formula is C18H17N5O2. The molecule has 3 aromatic rings. The summed E-state index contributed by atoms with van der Waals surface area (Å²) in [6, 6.07) is 12.2. The molecule has 0 aliphatic carbocycles. The Bertz CT molecular complexity index is 872. The Morgan fingerprint density at radius 3 is 2.36 bits per heavy atom. The smallest absolute Gasteiger partial charge is 0.258 e. The van der Waals surface area contributed by atoms with Gasteiger partial charge in [0.05, 0.1) is 23.6 Å². The molecule has 0 aliphatic rings. The summed E-state index contributed by atoms with van der Waals surface area (Å²) < 4.78 is 1.68. The van der Waals surface area contributed by atoms with Gasteiger partial charge in [-0.3, -0.25) is 14.3 Å². The molecule has 1 aromatic carbocycles. The van der Waals surface area contributed by atoms with Crippen LogP contribution in [0.4, 0.5) is 11.5 Å². The Labute approximate surface area is 144 Å². The molecule has 0 saturated carbocycles. The van der Waals surface area contributed by atoms with E-state index in [0.29, 0.717) is 29.2 Å². The van der Waals surface area contributed by atoms with Crippen LogP contribution in [-0.4, -0.2) is 26.6 Å². The zero-order chi connectivity index (χ0) is 17.6. The van der Waals surface area contributed by atoms with Crippen molar-refractivity contribution in [2.45, 2.75) is 13.5 Å². The molecule has 0 fully saturated rings. The van der Waals surface area contributed by atoms with Crippen molar-refractivity contribution in [3.8, 4) is 0 Å². The van der Waals surface area contributed by atoms with Crippen LogP contribution in [0.15, 0.2) is 61.1 Å². The highest BCUT2D eigenvalue weighted by Crippen LogP contribution is 2.12. The van der Waals surface area contributed by atoms with E-state index < -0.39 is 0 Å². The van der Waals surface area contributed by atoms with Crippen molar-refractivity contribution in [1.29, 1.82) is 0 Å². The lowest BCUT2D eigenvalue weighted by Crippen LogP contribution is -2.14. The van der Waals surface area contributed by atoms with E-state index in [1.54, 1.807) is 47.3 Å². The highest BCUT2D eigenvalue weighted by atomic mass is 16.2. The third-order valence-corrected chi connectivity index (χ3v) is 3.52. The van der Waals surface area contributed by atoms with Crippen LogP contribution in [0.25, 0.3) is 0 Å². The zero-order valence-electron chi connectivity index (χ0n) is 13.6. The SMILES string of the molecule is CCn1cc(C(=O)Nc2ccc(NC(=O)c3ccccc3)nc2)cn1. The number of nitrogens with zero attached hydrogens (tertiary/aromatic N) is 3. The molecule has 0 spiro atoms. The first-order chi connectivity index (χ1) is 12.2. The van der Waals surface area contributed by atoms with Crippen molar-refractivity contribution in [1.82, 2.24) is 14.8 Å². The van der Waals surface area contributed by atoms with Crippen molar-refractivity contribution in [2.24, 2.45) is 0 Å². The van der Waals surface area contributed by atoms with E-state index in [0.717, 1.165) is 0 Å². The normalized spacial score (nSPS) is 10.3. The summed E-state index contributed by atoms with van der Waals surface area (Å²) >= 11 is 0. The summed E-state index contributed by atoms with van der Waals surface area (Å²) in [6.07, 6.45) is 4.68. The lowest BCUT2D eigenvalue weighted by atomic mass is 10.2. The Morgan fingerprint density at radius 1 is 0.960 bits per heavy atom. The lowest BCUT2D eigenvalue weighted by molar-refractivity contribution is 0.101. The predicted molar refractivity (Wildman–Crippen MR) is 94.5 cm³/mol. The second kappa shape index (κ2) is 7.39. The van der Waals surface area contributed by atoms with Crippen LogP contribution < -0.4 is 10.6 Å². The molecular weight excluding hydrogens is 318 g/mol. The quantitative estimate of drug-likeness (QED) is 0.750. The van der Waals surface area contributed by atoms with Gasteiger partial charge in [-0.1, -0.05) is 18.2 Å². The second-order valence-corrected chi connectivity index (χ2v) is 5.29. The van der Waals surface area contributed by atoms with Gasteiger partial charge in [0.2, 0.25) is 0 Å². The van der Waals surface area contributed by atoms with Crippen LogP contribution in [0, 0.1) is 0 Å². The molecule has 2 N–H and O–H groups in total. The minimum Gasteiger partial charge on any atom is -0.320 e. The van der Waals surface area contributed by atoms with Crippen LogP contribution in [0.1, 0.15) is 27.6 Å². The third-order valence-electron chi connectivity index (χ3n) is 3.52. The maximum Gasteiger partial charge on any atom is 0.258 e. The summed E-state index contributed by atoms with van der Waals surface area (Å²) in [5, 5.41) is 9.51. The van der Waals surface area contributed by atoms with Gasteiger partial charge in [0.15, 0.2) is 0 Å². The van der Waals surface area contributed by atoms with Gasteiger partial charge in [0.1, 0.15) is 5.82 Å². The minimum absolute atomic E-state index is 0.239. The number of aromatic nitrogens is 3. The first-order valence-corrected chi connectivity index (χ1v) is 7.82. The van der Waals surface area contributed by atoms with Crippen molar-refractivity contribution in [2.75, 3.05) is 10.6 Å². The Kier molecular flexibility index (Phi) is 4.84. The summed E-state index contributed by atoms with van der Waals surface area (Å²) in [4.78, 5) is 28.3. The largest absolute Gasteiger partial charge is 0.320 e. The third kappa shape index (κ3) is 4.08. The predicted octanol–water partition coefficient (Wildman–Crippen LogP) is 2.80. The Balaban J connectivity index is 1.62. The van der Waals surface area contributed by atoms with Crippen LogP contribution in [0.5, 0.6) is 0 Å². The summed E-state index contributed by atoms with van der Waals surface area (Å²) in [5.74, 6) is -0.0925. The molecule has 0 atom stereocenters. The molecule has 126 valence electrons. The minimum atomic E-state index is -0.262. The van der Waals surface area contributed by atoms with E-state index in [2.05, 4.69) is 20.7 Å². The van der Waals surface area contributed by atoms with Gasteiger partial charge in [-0.2, -0.15) is 5.10 Å². The molecule has 7 nitrogen and oxygen atoms in total. The number of benzene rings is 1. The summed E-state index contributed by atoms with van der Waals surface area (Å²) in [6.45, 7) is 2.64. The number of hydrogen-bond acceptors (Lipinski definition) is 4. The topological polar surface area (TPSA) is 88.9 Å². The molecule has 2 amide bonds. The van der Waals surface area contributed by atoms with Crippen LogP contribution in [0.3, 0.4) is 0 Å². The van der Waals surface area contributed by atoms with Gasteiger partial charge >= 0.3 is 0 Å². The average molecular weight is 335 g/mol.